The molecule has 1 heterocycles. The number of ether oxygens (including phenoxy) is 1. The zero-order chi connectivity index (χ0) is 15.1. The number of pyridine rings is 1. The van der Waals surface area contributed by atoms with Gasteiger partial charge >= 0.3 is 0 Å². The number of nitrogens with one attached hydrogen (secondary N) is 1. The molecule has 0 aliphatic heterocycles. The molecule has 110 valence electrons. The van der Waals surface area contributed by atoms with Gasteiger partial charge in [0, 0.05) is 12.6 Å². The predicted molar refractivity (Wildman–Crippen MR) is 79.3 cm³/mol. The summed E-state index contributed by atoms with van der Waals surface area (Å²) in [5.74, 6) is -1.78. The fraction of sp³-hybridized carbons (Fsp3) is 0.188. The van der Waals surface area contributed by atoms with Crippen LogP contribution < -0.4 is 10.1 Å². The van der Waals surface area contributed by atoms with Gasteiger partial charge in [-0.25, -0.2) is 8.78 Å². The predicted octanol–water partition coefficient (Wildman–Crippen LogP) is 3.88. The van der Waals surface area contributed by atoms with E-state index in [0.29, 0.717) is 6.54 Å². The van der Waals surface area contributed by atoms with Crippen molar-refractivity contribution in [2.75, 3.05) is 18.5 Å². The lowest BCUT2D eigenvalue weighted by Gasteiger charge is -2.08. The minimum absolute atomic E-state index is 0.0130. The summed E-state index contributed by atoms with van der Waals surface area (Å²) >= 11 is 0. The molecule has 21 heavy (non-hydrogen) atoms. The minimum Gasteiger partial charge on any atom is -0.471 e. The van der Waals surface area contributed by atoms with Crippen LogP contribution in [-0.2, 0) is 0 Å². The second-order valence-corrected chi connectivity index (χ2v) is 4.26. The number of nitrogens with zero attached hydrogens (tertiary/aromatic N) is 1. The van der Waals surface area contributed by atoms with Crippen LogP contribution in [0.1, 0.15) is 12.5 Å². The Bertz CT molecular complexity index is 615. The summed E-state index contributed by atoms with van der Waals surface area (Å²) in [6, 6.07) is 10.4. The first kappa shape index (κ1) is 15.0. The highest BCUT2D eigenvalue weighted by atomic mass is 19.1. The molecule has 3 nitrogen and oxygen atoms in total. The number of halogens is 2. The van der Waals surface area contributed by atoms with Crippen LogP contribution in [0.2, 0.25) is 0 Å². The molecule has 0 spiro atoms. The fourth-order valence-electron chi connectivity index (χ4n) is 1.72. The van der Waals surface area contributed by atoms with Gasteiger partial charge in [-0.15, -0.1) is 0 Å². The molecule has 1 aromatic carbocycles. The normalized spacial score (nSPS) is 10.8. The maximum Gasteiger partial charge on any atom is 0.252 e. The molecule has 0 saturated carbocycles. The SMILES string of the molecule is CCNc1nc(OC/C=C/c2ccccc2)c(F)cc1F. The van der Waals surface area contributed by atoms with E-state index in [0.717, 1.165) is 11.6 Å². The number of benzene rings is 1. The van der Waals surface area contributed by atoms with E-state index >= 15 is 0 Å². The van der Waals surface area contributed by atoms with Crippen LogP contribution in [-0.4, -0.2) is 18.1 Å². The van der Waals surface area contributed by atoms with Gasteiger partial charge in [0.15, 0.2) is 17.5 Å². The van der Waals surface area contributed by atoms with Crippen LogP contribution in [0.5, 0.6) is 5.88 Å². The van der Waals surface area contributed by atoms with Crippen LogP contribution >= 0.6 is 0 Å². The van der Waals surface area contributed by atoms with E-state index in [9.17, 15) is 8.78 Å². The zero-order valence-electron chi connectivity index (χ0n) is 11.6. The lowest BCUT2D eigenvalue weighted by molar-refractivity contribution is 0.325. The Morgan fingerprint density at radius 2 is 1.95 bits per heavy atom. The molecule has 0 aliphatic rings. The Hall–Kier alpha value is -2.43. The number of rotatable bonds is 6. The summed E-state index contributed by atoms with van der Waals surface area (Å²) in [5, 5.41) is 2.71. The van der Waals surface area contributed by atoms with Gasteiger partial charge in [-0.2, -0.15) is 4.98 Å². The molecule has 2 rings (SSSR count). The van der Waals surface area contributed by atoms with Gasteiger partial charge in [-0.05, 0) is 18.6 Å². The molecule has 0 atom stereocenters. The molecule has 1 N–H and O–H groups in total. The maximum atomic E-state index is 13.5. The van der Waals surface area contributed by atoms with Crippen molar-refractivity contribution in [1.29, 1.82) is 0 Å². The number of anilines is 1. The van der Waals surface area contributed by atoms with Crippen LogP contribution in [0.25, 0.3) is 6.08 Å². The second kappa shape index (κ2) is 7.38. The summed E-state index contributed by atoms with van der Waals surface area (Å²) < 4.78 is 32.2. The van der Waals surface area contributed by atoms with Gasteiger partial charge in [0.1, 0.15) is 6.61 Å². The van der Waals surface area contributed by atoms with Gasteiger partial charge in [0.05, 0.1) is 0 Å². The summed E-state index contributed by atoms with van der Waals surface area (Å²) in [6.45, 7) is 2.44. The van der Waals surface area contributed by atoms with Crippen molar-refractivity contribution in [3.63, 3.8) is 0 Å². The summed E-state index contributed by atoms with van der Waals surface area (Å²) in [6.07, 6.45) is 3.60. The van der Waals surface area contributed by atoms with Crippen molar-refractivity contribution in [3.05, 3.63) is 59.7 Å². The number of aromatic nitrogens is 1. The van der Waals surface area contributed by atoms with E-state index in [-0.39, 0.29) is 18.3 Å². The van der Waals surface area contributed by atoms with Crippen LogP contribution in [0.3, 0.4) is 0 Å². The lowest BCUT2D eigenvalue weighted by atomic mass is 10.2. The van der Waals surface area contributed by atoms with E-state index in [2.05, 4.69) is 10.3 Å². The number of hydrogen-bond donors (Lipinski definition) is 1. The Balaban J connectivity index is 1.99. The summed E-state index contributed by atoms with van der Waals surface area (Å²) in [7, 11) is 0. The Labute approximate surface area is 122 Å². The maximum absolute atomic E-state index is 13.5. The third-order valence-corrected chi connectivity index (χ3v) is 2.67. The summed E-state index contributed by atoms with van der Waals surface area (Å²) in [5.41, 5.74) is 1.02. The molecule has 1 aromatic heterocycles. The molecule has 0 unspecified atom stereocenters. The number of hydrogen-bond acceptors (Lipinski definition) is 3. The highest BCUT2D eigenvalue weighted by Crippen LogP contribution is 2.20. The van der Waals surface area contributed by atoms with Crippen molar-refractivity contribution in [1.82, 2.24) is 4.98 Å². The molecular weight excluding hydrogens is 274 g/mol. The highest BCUT2D eigenvalue weighted by molar-refractivity contribution is 5.48. The fourth-order valence-corrected chi connectivity index (χ4v) is 1.72. The van der Waals surface area contributed by atoms with Crippen molar-refractivity contribution in [2.45, 2.75) is 6.92 Å². The summed E-state index contributed by atoms with van der Waals surface area (Å²) in [4.78, 5) is 3.79. The standard InChI is InChI=1S/C16H16F2N2O/c1-2-19-15-13(17)11-14(18)16(20-15)21-10-6-9-12-7-4-3-5-8-12/h3-9,11H,2,10H2,1H3,(H,19,20)/b9-6+. The first-order chi connectivity index (χ1) is 10.2. The monoisotopic (exact) mass is 290 g/mol. The molecule has 0 radical (unpaired) electrons. The molecule has 0 fully saturated rings. The van der Waals surface area contributed by atoms with Crippen molar-refractivity contribution >= 4 is 11.9 Å². The average molecular weight is 290 g/mol. The second-order valence-electron chi connectivity index (χ2n) is 4.26. The zero-order valence-corrected chi connectivity index (χ0v) is 11.6. The van der Waals surface area contributed by atoms with Gasteiger partial charge in [-0.3, -0.25) is 0 Å². The van der Waals surface area contributed by atoms with Crippen LogP contribution in [0.15, 0.2) is 42.5 Å². The largest absolute Gasteiger partial charge is 0.471 e. The van der Waals surface area contributed by atoms with E-state index < -0.39 is 11.6 Å². The topological polar surface area (TPSA) is 34.2 Å². The highest BCUT2D eigenvalue weighted by Gasteiger charge is 2.11. The minimum atomic E-state index is -0.817. The van der Waals surface area contributed by atoms with Crippen LogP contribution in [0.4, 0.5) is 14.6 Å². The van der Waals surface area contributed by atoms with Gasteiger partial charge in [0.25, 0.3) is 5.88 Å². The molecule has 0 saturated heterocycles. The smallest absolute Gasteiger partial charge is 0.252 e. The van der Waals surface area contributed by atoms with Crippen LogP contribution in [0, 0.1) is 11.6 Å². The lowest BCUT2D eigenvalue weighted by Crippen LogP contribution is -2.06. The third kappa shape index (κ3) is 4.27. The van der Waals surface area contributed by atoms with E-state index in [1.807, 2.05) is 36.4 Å². The molecule has 2 aromatic rings. The van der Waals surface area contributed by atoms with Crippen molar-refractivity contribution in [2.24, 2.45) is 0 Å². The quantitative estimate of drug-likeness (QED) is 0.876. The third-order valence-electron chi connectivity index (χ3n) is 2.67. The molecule has 0 amide bonds. The molecule has 0 bridgehead atoms. The molecular formula is C16H16F2N2O. The van der Waals surface area contributed by atoms with E-state index in [1.54, 1.807) is 13.0 Å². The van der Waals surface area contributed by atoms with E-state index in [4.69, 9.17) is 4.74 Å². The Morgan fingerprint density at radius 1 is 1.19 bits per heavy atom. The van der Waals surface area contributed by atoms with Crippen molar-refractivity contribution in [3.8, 4) is 5.88 Å². The first-order valence-electron chi connectivity index (χ1n) is 6.65. The average Bonchev–Trinajstić information content (AvgIpc) is 2.49. The van der Waals surface area contributed by atoms with Gasteiger partial charge in [0.2, 0.25) is 0 Å². The van der Waals surface area contributed by atoms with Gasteiger partial charge in [-0.1, -0.05) is 36.4 Å². The Kier molecular flexibility index (Phi) is 5.26. The first-order valence-corrected chi connectivity index (χ1v) is 6.65. The van der Waals surface area contributed by atoms with Crippen molar-refractivity contribution < 1.29 is 13.5 Å². The van der Waals surface area contributed by atoms with E-state index in [1.165, 1.54) is 0 Å². The molecule has 5 heteroatoms. The van der Waals surface area contributed by atoms with Gasteiger partial charge < -0.3 is 10.1 Å². The Morgan fingerprint density at radius 3 is 2.67 bits per heavy atom. The molecule has 0 aliphatic carbocycles.